The highest BCUT2D eigenvalue weighted by molar-refractivity contribution is 5.66. The minimum atomic E-state index is -4.37. The average molecular weight is 292 g/mol. The largest absolute Gasteiger partial charge is 0.493 e. The van der Waals surface area contributed by atoms with Crippen molar-refractivity contribution in [2.45, 2.75) is 6.18 Å². The molecule has 0 atom stereocenters. The summed E-state index contributed by atoms with van der Waals surface area (Å²) in [5, 5.41) is 0. The number of ether oxygens (including phenoxy) is 1. The molecule has 0 saturated carbocycles. The maximum absolute atomic E-state index is 12.8. The summed E-state index contributed by atoms with van der Waals surface area (Å²) in [6.07, 6.45) is -0.928. The van der Waals surface area contributed by atoms with Crippen LogP contribution in [0.5, 0.6) is 5.75 Å². The van der Waals surface area contributed by atoms with Crippen LogP contribution in [0, 0.1) is 0 Å². The quantitative estimate of drug-likeness (QED) is 0.713. The van der Waals surface area contributed by atoms with Gasteiger partial charge in [0.15, 0.2) is 11.4 Å². The van der Waals surface area contributed by atoms with E-state index in [0.717, 1.165) is 12.1 Å². The van der Waals surface area contributed by atoms with Gasteiger partial charge in [-0.05, 0) is 24.3 Å². The molecular weight excluding hydrogens is 281 g/mol. The van der Waals surface area contributed by atoms with Gasteiger partial charge in [0.1, 0.15) is 0 Å². The van der Waals surface area contributed by atoms with Crippen molar-refractivity contribution in [2.75, 3.05) is 7.11 Å². The second-order valence-corrected chi connectivity index (χ2v) is 4.51. The van der Waals surface area contributed by atoms with Crippen molar-refractivity contribution in [1.82, 2.24) is 9.38 Å². The minimum absolute atomic E-state index is 0.413. The fraction of sp³-hybridized carbons (Fsp3) is 0.133. The van der Waals surface area contributed by atoms with Crippen molar-refractivity contribution in [3.8, 4) is 17.0 Å². The van der Waals surface area contributed by atoms with Gasteiger partial charge in [0.05, 0.1) is 18.4 Å². The summed E-state index contributed by atoms with van der Waals surface area (Å²) < 4.78 is 45.2. The summed E-state index contributed by atoms with van der Waals surface area (Å²) in [5.41, 5.74) is 0.748. The molecule has 0 aliphatic carbocycles. The number of imidazole rings is 1. The third-order valence-corrected chi connectivity index (χ3v) is 3.15. The Labute approximate surface area is 118 Å². The van der Waals surface area contributed by atoms with E-state index < -0.39 is 11.7 Å². The lowest BCUT2D eigenvalue weighted by Crippen LogP contribution is -2.04. The Kier molecular flexibility index (Phi) is 3.08. The molecule has 0 N–H and O–H groups in total. The van der Waals surface area contributed by atoms with E-state index >= 15 is 0 Å². The van der Waals surface area contributed by atoms with Crippen molar-refractivity contribution in [3.05, 3.63) is 54.4 Å². The predicted molar refractivity (Wildman–Crippen MR) is 72.2 cm³/mol. The number of aromatic nitrogens is 2. The topological polar surface area (TPSA) is 26.5 Å². The van der Waals surface area contributed by atoms with E-state index in [0.29, 0.717) is 22.7 Å². The summed E-state index contributed by atoms with van der Waals surface area (Å²) in [6.45, 7) is 0. The van der Waals surface area contributed by atoms with E-state index in [9.17, 15) is 13.2 Å². The zero-order valence-electron chi connectivity index (χ0n) is 11.1. The van der Waals surface area contributed by atoms with Crippen LogP contribution in [0.4, 0.5) is 13.2 Å². The third kappa shape index (κ3) is 2.44. The van der Waals surface area contributed by atoms with E-state index in [1.165, 1.54) is 13.2 Å². The number of rotatable bonds is 2. The third-order valence-electron chi connectivity index (χ3n) is 3.15. The Morgan fingerprint density at radius 3 is 2.67 bits per heavy atom. The molecule has 1 aromatic carbocycles. The average Bonchev–Trinajstić information content (AvgIpc) is 2.90. The Morgan fingerprint density at radius 1 is 1.14 bits per heavy atom. The number of hydrogen-bond acceptors (Lipinski definition) is 2. The minimum Gasteiger partial charge on any atom is -0.493 e. The lowest BCUT2D eigenvalue weighted by molar-refractivity contribution is -0.137. The number of pyridine rings is 1. The molecule has 6 heteroatoms. The second kappa shape index (κ2) is 4.80. The molecule has 3 nitrogen and oxygen atoms in total. The first kappa shape index (κ1) is 13.5. The van der Waals surface area contributed by atoms with Crippen molar-refractivity contribution < 1.29 is 17.9 Å². The zero-order valence-corrected chi connectivity index (χ0v) is 11.1. The molecule has 0 spiro atoms. The van der Waals surface area contributed by atoms with E-state index in [1.54, 1.807) is 35.0 Å². The molecule has 0 saturated heterocycles. The molecule has 2 heterocycles. The molecule has 0 fully saturated rings. The summed E-state index contributed by atoms with van der Waals surface area (Å²) in [6, 6.07) is 8.64. The van der Waals surface area contributed by atoms with Crippen molar-refractivity contribution in [1.29, 1.82) is 0 Å². The molecular formula is C15H11F3N2O. The van der Waals surface area contributed by atoms with Crippen LogP contribution in [-0.4, -0.2) is 16.5 Å². The van der Waals surface area contributed by atoms with Gasteiger partial charge in [0.2, 0.25) is 0 Å². The Balaban J connectivity index is 2.13. The summed E-state index contributed by atoms with van der Waals surface area (Å²) in [7, 11) is 1.52. The fourth-order valence-electron chi connectivity index (χ4n) is 2.14. The van der Waals surface area contributed by atoms with Crippen LogP contribution in [0.15, 0.2) is 48.8 Å². The lowest BCUT2D eigenvalue weighted by Gasteiger charge is -2.07. The molecule has 0 aliphatic rings. The van der Waals surface area contributed by atoms with Gasteiger partial charge in [-0.1, -0.05) is 12.1 Å². The van der Waals surface area contributed by atoms with Gasteiger partial charge >= 0.3 is 6.18 Å². The molecule has 0 amide bonds. The number of benzene rings is 1. The highest BCUT2D eigenvalue weighted by Gasteiger charge is 2.30. The molecule has 3 aromatic rings. The number of nitrogens with zero attached hydrogens (tertiary/aromatic N) is 2. The molecule has 2 aromatic heterocycles. The maximum Gasteiger partial charge on any atom is 0.416 e. The number of hydrogen-bond donors (Lipinski definition) is 0. The van der Waals surface area contributed by atoms with E-state index in [1.807, 2.05) is 0 Å². The van der Waals surface area contributed by atoms with Crippen LogP contribution in [0.1, 0.15) is 5.56 Å². The van der Waals surface area contributed by atoms with Crippen molar-refractivity contribution in [2.24, 2.45) is 0 Å². The fourth-order valence-corrected chi connectivity index (χ4v) is 2.14. The standard InChI is InChI=1S/C15H11F3N2O/c1-21-13-6-3-7-20-9-12(19-14(13)20)10-4-2-5-11(8-10)15(16,17)18/h2-9H,1H3. The summed E-state index contributed by atoms with van der Waals surface area (Å²) >= 11 is 0. The van der Waals surface area contributed by atoms with Crippen molar-refractivity contribution >= 4 is 5.65 Å². The Bertz CT molecular complexity index is 793. The van der Waals surface area contributed by atoms with E-state index in [-0.39, 0.29) is 0 Å². The van der Waals surface area contributed by atoms with Gasteiger partial charge in [-0.15, -0.1) is 0 Å². The Morgan fingerprint density at radius 2 is 1.95 bits per heavy atom. The zero-order chi connectivity index (χ0) is 15.0. The van der Waals surface area contributed by atoms with Gasteiger partial charge in [0.25, 0.3) is 0 Å². The predicted octanol–water partition coefficient (Wildman–Crippen LogP) is 4.03. The summed E-state index contributed by atoms with van der Waals surface area (Å²) in [5.74, 6) is 0.565. The highest BCUT2D eigenvalue weighted by atomic mass is 19.4. The van der Waals surface area contributed by atoms with Crippen LogP contribution in [0.3, 0.4) is 0 Å². The first-order valence-electron chi connectivity index (χ1n) is 6.18. The van der Waals surface area contributed by atoms with Crippen LogP contribution >= 0.6 is 0 Å². The van der Waals surface area contributed by atoms with Crippen LogP contribution < -0.4 is 4.74 Å². The molecule has 0 bridgehead atoms. The summed E-state index contributed by atoms with van der Waals surface area (Å²) in [4.78, 5) is 4.35. The molecule has 21 heavy (non-hydrogen) atoms. The first-order valence-corrected chi connectivity index (χ1v) is 6.18. The Hall–Kier alpha value is -2.50. The number of methoxy groups -OCH3 is 1. The maximum atomic E-state index is 12.8. The number of alkyl halides is 3. The first-order chi connectivity index (χ1) is 9.99. The molecule has 0 aliphatic heterocycles. The normalized spacial score (nSPS) is 11.8. The van der Waals surface area contributed by atoms with Crippen LogP contribution in [-0.2, 0) is 6.18 Å². The van der Waals surface area contributed by atoms with E-state index in [4.69, 9.17) is 4.74 Å². The highest BCUT2D eigenvalue weighted by Crippen LogP contribution is 2.32. The molecule has 0 radical (unpaired) electrons. The second-order valence-electron chi connectivity index (χ2n) is 4.51. The number of fused-ring (bicyclic) bond motifs is 1. The van der Waals surface area contributed by atoms with Crippen LogP contribution in [0.25, 0.3) is 16.9 Å². The number of halogens is 3. The smallest absolute Gasteiger partial charge is 0.416 e. The van der Waals surface area contributed by atoms with E-state index in [2.05, 4.69) is 4.98 Å². The molecule has 108 valence electrons. The van der Waals surface area contributed by atoms with Gasteiger partial charge in [-0.25, -0.2) is 4.98 Å². The van der Waals surface area contributed by atoms with Gasteiger partial charge in [-0.3, -0.25) is 0 Å². The molecule has 3 rings (SSSR count). The molecule has 0 unspecified atom stereocenters. The SMILES string of the molecule is COc1cccn2cc(-c3cccc(C(F)(F)F)c3)nc12. The monoisotopic (exact) mass is 292 g/mol. The van der Waals surface area contributed by atoms with Crippen molar-refractivity contribution in [3.63, 3.8) is 0 Å². The van der Waals surface area contributed by atoms with Gasteiger partial charge in [-0.2, -0.15) is 13.2 Å². The van der Waals surface area contributed by atoms with Gasteiger partial charge in [0, 0.05) is 18.0 Å². The lowest BCUT2D eigenvalue weighted by atomic mass is 10.1. The van der Waals surface area contributed by atoms with Gasteiger partial charge < -0.3 is 9.14 Å². The van der Waals surface area contributed by atoms with Crippen LogP contribution in [0.2, 0.25) is 0 Å².